The van der Waals surface area contributed by atoms with Crippen LogP contribution >= 0.6 is 0 Å². The Labute approximate surface area is 154 Å². The molecule has 0 spiro atoms. The van der Waals surface area contributed by atoms with Gasteiger partial charge in [0.2, 0.25) is 0 Å². The van der Waals surface area contributed by atoms with Crippen molar-refractivity contribution in [3.05, 3.63) is 0 Å². The van der Waals surface area contributed by atoms with Crippen molar-refractivity contribution in [2.24, 2.45) is 11.5 Å². The van der Waals surface area contributed by atoms with E-state index in [4.69, 9.17) is 11.5 Å². The lowest BCUT2D eigenvalue weighted by Gasteiger charge is -1.99. The molecule has 0 bridgehead atoms. The Morgan fingerprint density at radius 3 is 0.750 bits per heavy atom. The zero-order chi connectivity index (χ0) is 18.1. The molecular formula is C22H50N2. The van der Waals surface area contributed by atoms with Crippen LogP contribution in [-0.4, -0.2) is 13.1 Å². The molecule has 148 valence electrons. The van der Waals surface area contributed by atoms with Crippen LogP contribution in [0.15, 0.2) is 0 Å². The molecule has 0 aliphatic rings. The number of unbranched alkanes of at least 4 members (excludes halogenated alkanes) is 16. The molecule has 0 aromatic carbocycles. The fourth-order valence-electron chi connectivity index (χ4n) is 2.91. The third-order valence-electron chi connectivity index (χ3n) is 4.62. The highest BCUT2D eigenvalue weighted by Gasteiger charge is 1.91. The second-order valence-electron chi connectivity index (χ2n) is 7.23. The van der Waals surface area contributed by atoms with Gasteiger partial charge in [-0.1, -0.05) is 117 Å². The van der Waals surface area contributed by atoms with Crippen molar-refractivity contribution >= 4 is 0 Å². The maximum atomic E-state index is 5.41. The van der Waals surface area contributed by atoms with Crippen molar-refractivity contribution in [1.82, 2.24) is 0 Å². The Balaban J connectivity index is 0. The van der Waals surface area contributed by atoms with Gasteiger partial charge in [0.1, 0.15) is 0 Å². The number of hydrogen-bond donors (Lipinski definition) is 2. The second kappa shape index (κ2) is 27.8. The average molecular weight is 343 g/mol. The van der Waals surface area contributed by atoms with Gasteiger partial charge in [-0.3, -0.25) is 0 Å². The number of hydrogen-bond acceptors (Lipinski definition) is 2. The summed E-state index contributed by atoms with van der Waals surface area (Å²) < 4.78 is 0. The first-order valence-electron chi connectivity index (χ1n) is 11.2. The SMILES string of the molecule is CCCCCCCCCCCN.CCCCCCCCCCCN. The summed E-state index contributed by atoms with van der Waals surface area (Å²) in [5, 5.41) is 0. The van der Waals surface area contributed by atoms with Crippen LogP contribution in [0.4, 0.5) is 0 Å². The predicted molar refractivity (Wildman–Crippen MR) is 113 cm³/mol. The number of rotatable bonds is 18. The van der Waals surface area contributed by atoms with Gasteiger partial charge in [0.05, 0.1) is 0 Å². The normalized spacial score (nSPS) is 10.5. The molecule has 0 aromatic heterocycles. The van der Waals surface area contributed by atoms with Gasteiger partial charge in [-0.25, -0.2) is 0 Å². The molecule has 0 heterocycles. The zero-order valence-electron chi connectivity index (χ0n) is 17.3. The molecule has 0 aromatic rings. The van der Waals surface area contributed by atoms with E-state index in [1.54, 1.807) is 0 Å². The van der Waals surface area contributed by atoms with Gasteiger partial charge in [-0.15, -0.1) is 0 Å². The Morgan fingerprint density at radius 1 is 0.333 bits per heavy atom. The quantitative estimate of drug-likeness (QED) is 0.265. The molecule has 0 saturated carbocycles. The van der Waals surface area contributed by atoms with E-state index < -0.39 is 0 Å². The van der Waals surface area contributed by atoms with Crippen molar-refractivity contribution in [2.75, 3.05) is 13.1 Å². The molecule has 2 heteroatoms. The summed E-state index contributed by atoms with van der Waals surface area (Å²) >= 11 is 0. The summed E-state index contributed by atoms with van der Waals surface area (Å²) in [7, 11) is 0. The highest BCUT2D eigenvalue weighted by molar-refractivity contribution is 4.47. The number of nitrogens with two attached hydrogens (primary N) is 2. The predicted octanol–water partition coefficient (Wildman–Crippen LogP) is 6.95. The van der Waals surface area contributed by atoms with Crippen LogP contribution in [0.2, 0.25) is 0 Å². The van der Waals surface area contributed by atoms with E-state index in [2.05, 4.69) is 13.8 Å². The Bertz CT molecular complexity index is 143. The summed E-state index contributed by atoms with van der Waals surface area (Å²) in [4.78, 5) is 0. The Morgan fingerprint density at radius 2 is 0.542 bits per heavy atom. The van der Waals surface area contributed by atoms with Gasteiger partial charge in [0.15, 0.2) is 0 Å². The first-order valence-corrected chi connectivity index (χ1v) is 11.2. The highest BCUT2D eigenvalue weighted by Crippen LogP contribution is 2.09. The molecule has 24 heavy (non-hydrogen) atoms. The van der Waals surface area contributed by atoms with Gasteiger partial charge in [-0.2, -0.15) is 0 Å². The monoisotopic (exact) mass is 342 g/mol. The molecule has 0 saturated heterocycles. The van der Waals surface area contributed by atoms with E-state index in [0.717, 1.165) is 13.1 Å². The van der Waals surface area contributed by atoms with Crippen LogP contribution in [0.3, 0.4) is 0 Å². The molecule has 0 amide bonds. The fraction of sp³-hybridized carbons (Fsp3) is 1.00. The summed E-state index contributed by atoms with van der Waals surface area (Å²) in [5.74, 6) is 0. The molecule has 0 atom stereocenters. The Kier molecular flexibility index (Phi) is 30.2. The summed E-state index contributed by atoms with van der Waals surface area (Å²) in [6.07, 6.45) is 24.9. The van der Waals surface area contributed by atoms with Crippen molar-refractivity contribution < 1.29 is 0 Å². The topological polar surface area (TPSA) is 52.0 Å². The molecule has 0 aliphatic heterocycles. The minimum atomic E-state index is 0.871. The lowest BCUT2D eigenvalue weighted by atomic mass is 10.1. The minimum Gasteiger partial charge on any atom is -0.330 e. The van der Waals surface area contributed by atoms with Crippen molar-refractivity contribution in [1.29, 1.82) is 0 Å². The molecule has 2 nitrogen and oxygen atoms in total. The maximum Gasteiger partial charge on any atom is -0.00773 e. The van der Waals surface area contributed by atoms with E-state index in [1.165, 1.54) is 116 Å². The van der Waals surface area contributed by atoms with E-state index in [0.29, 0.717) is 0 Å². The van der Waals surface area contributed by atoms with Gasteiger partial charge < -0.3 is 11.5 Å². The van der Waals surface area contributed by atoms with Crippen LogP contribution in [0, 0.1) is 0 Å². The van der Waals surface area contributed by atoms with Crippen molar-refractivity contribution in [2.45, 2.75) is 129 Å². The lowest BCUT2D eigenvalue weighted by Crippen LogP contribution is -1.97. The zero-order valence-corrected chi connectivity index (χ0v) is 17.3. The maximum absolute atomic E-state index is 5.41. The van der Waals surface area contributed by atoms with E-state index >= 15 is 0 Å². The van der Waals surface area contributed by atoms with E-state index in [1.807, 2.05) is 0 Å². The molecular weight excluding hydrogens is 292 g/mol. The van der Waals surface area contributed by atoms with Gasteiger partial charge in [0, 0.05) is 0 Å². The fourth-order valence-corrected chi connectivity index (χ4v) is 2.91. The largest absolute Gasteiger partial charge is 0.330 e. The Hall–Kier alpha value is -0.0800. The summed E-state index contributed by atoms with van der Waals surface area (Å²) in [6.45, 7) is 6.27. The molecule has 0 rings (SSSR count). The third-order valence-corrected chi connectivity index (χ3v) is 4.62. The van der Waals surface area contributed by atoms with Crippen molar-refractivity contribution in [3.63, 3.8) is 0 Å². The van der Waals surface area contributed by atoms with E-state index in [-0.39, 0.29) is 0 Å². The van der Waals surface area contributed by atoms with Gasteiger partial charge >= 0.3 is 0 Å². The van der Waals surface area contributed by atoms with E-state index in [9.17, 15) is 0 Å². The van der Waals surface area contributed by atoms with Crippen LogP contribution < -0.4 is 11.5 Å². The molecule has 0 fully saturated rings. The van der Waals surface area contributed by atoms with Crippen LogP contribution in [-0.2, 0) is 0 Å². The van der Waals surface area contributed by atoms with Gasteiger partial charge in [0.25, 0.3) is 0 Å². The molecule has 0 aliphatic carbocycles. The third kappa shape index (κ3) is 29.9. The van der Waals surface area contributed by atoms with Crippen LogP contribution in [0.5, 0.6) is 0 Å². The van der Waals surface area contributed by atoms with Crippen molar-refractivity contribution in [3.8, 4) is 0 Å². The minimum absolute atomic E-state index is 0.871. The van der Waals surface area contributed by atoms with Crippen LogP contribution in [0.1, 0.15) is 129 Å². The summed E-state index contributed by atoms with van der Waals surface area (Å²) in [6, 6.07) is 0. The van der Waals surface area contributed by atoms with Crippen LogP contribution in [0.25, 0.3) is 0 Å². The smallest absolute Gasteiger partial charge is 0.00773 e. The van der Waals surface area contributed by atoms with Gasteiger partial charge in [-0.05, 0) is 25.9 Å². The average Bonchev–Trinajstić information content (AvgIpc) is 2.60. The second-order valence-corrected chi connectivity index (χ2v) is 7.23. The highest BCUT2D eigenvalue weighted by atomic mass is 14.5. The molecule has 4 N–H and O–H groups in total. The molecule has 0 unspecified atom stereocenters. The molecule has 0 radical (unpaired) electrons. The lowest BCUT2D eigenvalue weighted by molar-refractivity contribution is 0.567. The standard InChI is InChI=1S/2C11H25N/c2*1-2-3-4-5-6-7-8-9-10-11-12/h2*2-12H2,1H3. The first kappa shape index (κ1) is 26.2. The summed E-state index contributed by atoms with van der Waals surface area (Å²) in [5.41, 5.74) is 10.8. The first-order chi connectivity index (χ1) is 11.8.